The average Bonchev–Trinajstić information content (AvgIpc) is 2.36. The fourth-order valence-electron chi connectivity index (χ4n) is 1.69. The van der Waals surface area contributed by atoms with Crippen molar-refractivity contribution in [2.75, 3.05) is 5.73 Å². The minimum absolute atomic E-state index is 0.0927. The van der Waals surface area contributed by atoms with Crippen molar-refractivity contribution in [1.29, 1.82) is 0 Å². The van der Waals surface area contributed by atoms with Gasteiger partial charge >= 0.3 is 0 Å². The van der Waals surface area contributed by atoms with Gasteiger partial charge in [0, 0.05) is 18.3 Å². The molecule has 0 saturated carbocycles. The number of hydrogen-bond donors (Lipinski definition) is 4. The van der Waals surface area contributed by atoms with E-state index in [1.165, 1.54) is 12.1 Å². The van der Waals surface area contributed by atoms with Crippen LogP contribution >= 0.6 is 0 Å². The number of carbonyl (C=O) groups is 1. The number of hydrogen-bond acceptors (Lipinski definition) is 4. The van der Waals surface area contributed by atoms with Crippen molar-refractivity contribution in [2.24, 2.45) is 0 Å². The third-order valence-electron chi connectivity index (χ3n) is 2.63. The van der Waals surface area contributed by atoms with Crippen LogP contribution in [-0.4, -0.2) is 16.1 Å². The van der Waals surface area contributed by atoms with Gasteiger partial charge in [0.2, 0.25) is 0 Å². The smallest absolute Gasteiger partial charge is 0.255 e. The molecule has 5 N–H and O–H groups in total. The van der Waals surface area contributed by atoms with Crippen LogP contribution in [0.3, 0.4) is 0 Å². The Morgan fingerprint density at radius 1 is 1.16 bits per heavy atom. The molecule has 0 heterocycles. The van der Waals surface area contributed by atoms with Crippen LogP contribution in [0.1, 0.15) is 15.9 Å². The molecule has 0 aliphatic rings. The Morgan fingerprint density at radius 3 is 2.63 bits per heavy atom. The SMILES string of the molecule is Nc1cccc(CNC(=O)c2ccc(O)cc2O)c1. The number of amides is 1. The molecule has 2 aromatic carbocycles. The van der Waals surface area contributed by atoms with Gasteiger partial charge in [0.15, 0.2) is 0 Å². The molecule has 1 amide bonds. The first kappa shape index (κ1) is 12.8. The molecule has 0 aliphatic heterocycles. The molecule has 0 aliphatic carbocycles. The minimum Gasteiger partial charge on any atom is -0.508 e. The van der Waals surface area contributed by atoms with Gasteiger partial charge in [0.1, 0.15) is 11.5 Å². The van der Waals surface area contributed by atoms with E-state index >= 15 is 0 Å². The number of nitrogens with one attached hydrogen (secondary N) is 1. The molecule has 0 spiro atoms. The number of nitrogen functional groups attached to an aromatic ring is 1. The molecule has 0 atom stereocenters. The van der Waals surface area contributed by atoms with E-state index in [0.717, 1.165) is 11.6 Å². The van der Waals surface area contributed by atoms with Gasteiger partial charge in [0.25, 0.3) is 5.91 Å². The maximum absolute atomic E-state index is 11.9. The number of carbonyl (C=O) groups excluding carboxylic acids is 1. The Morgan fingerprint density at radius 2 is 1.95 bits per heavy atom. The molecule has 0 bridgehead atoms. The van der Waals surface area contributed by atoms with Crippen LogP contribution in [0.5, 0.6) is 11.5 Å². The summed E-state index contributed by atoms with van der Waals surface area (Å²) in [4.78, 5) is 11.9. The number of phenols is 2. The summed E-state index contributed by atoms with van der Waals surface area (Å²) in [7, 11) is 0. The summed E-state index contributed by atoms with van der Waals surface area (Å²) in [6.45, 7) is 0.310. The topological polar surface area (TPSA) is 95.6 Å². The van der Waals surface area contributed by atoms with Crippen molar-refractivity contribution >= 4 is 11.6 Å². The highest BCUT2D eigenvalue weighted by molar-refractivity contribution is 5.96. The molecule has 5 nitrogen and oxygen atoms in total. The summed E-state index contributed by atoms with van der Waals surface area (Å²) >= 11 is 0. The second-order valence-electron chi connectivity index (χ2n) is 4.13. The van der Waals surface area contributed by atoms with Crippen molar-refractivity contribution in [3.63, 3.8) is 0 Å². The first-order chi connectivity index (χ1) is 9.06. The average molecular weight is 258 g/mol. The van der Waals surface area contributed by atoms with Crippen LogP contribution in [0.15, 0.2) is 42.5 Å². The quantitative estimate of drug-likeness (QED) is 0.629. The maximum Gasteiger partial charge on any atom is 0.255 e. The van der Waals surface area contributed by atoms with Crippen molar-refractivity contribution in [3.8, 4) is 11.5 Å². The van der Waals surface area contributed by atoms with Gasteiger partial charge in [-0.05, 0) is 29.8 Å². The molecule has 98 valence electrons. The minimum atomic E-state index is -0.417. The van der Waals surface area contributed by atoms with E-state index in [4.69, 9.17) is 10.8 Å². The van der Waals surface area contributed by atoms with E-state index < -0.39 is 5.91 Å². The summed E-state index contributed by atoms with van der Waals surface area (Å²) in [5, 5.41) is 21.4. The second-order valence-corrected chi connectivity index (χ2v) is 4.13. The number of aromatic hydroxyl groups is 2. The van der Waals surface area contributed by atoms with E-state index in [-0.39, 0.29) is 17.1 Å². The van der Waals surface area contributed by atoms with Crippen molar-refractivity contribution < 1.29 is 15.0 Å². The van der Waals surface area contributed by atoms with E-state index in [2.05, 4.69) is 5.32 Å². The second kappa shape index (κ2) is 5.30. The molecule has 19 heavy (non-hydrogen) atoms. The summed E-state index contributed by atoms with van der Waals surface area (Å²) in [5.41, 5.74) is 7.24. The first-order valence-electron chi connectivity index (χ1n) is 5.71. The van der Waals surface area contributed by atoms with Gasteiger partial charge in [-0.2, -0.15) is 0 Å². The number of rotatable bonds is 3. The van der Waals surface area contributed by atoms with Crippen LogP contribution < -0.4 is 11.1 Å². The molecule has 0 radical (unpaired) electrons. The fraction of sp³-hybridized carbons (Fsp3) is 0.0714. The largest absolute Gasteiger partial charge is 0.508 e. The van der Waals surface area contributed by atoms with Crippen LogP contribution in [0.2, 0.25) is 0 Å². The lowest BCUT2D eigenvalue weighted by atomic mass is 10.1. The molecule has 0 saturated heterocycles. The lowest BCUT2D eigenvalue weighted by molar-refractivity contribution is 0.0948. The summed E-state index contributed by atoms with van der Waals surface area (Å²) in [5.74, 6) is -0.769. The van der Waals surface area contributed by atoms with E-state index in [1.54, 1.807) is 18.2 Å². The maximum atomic E-state index is 11.9. The van der Waals surface area contributed by atoms with Gasteiger partial charge in [-0.3, -0.25) is 4.79 Å². The van der Waals surface area contributed by atoms with Gasteiger partial charge in [-0.15, -0.1) is 0 Å². The van der Waals surface area contributed by atoms with Crippen molar-refractivity contribution in [3.05, 3.63) is 53.6 Å². The molecule has 0 fully saturated rings. The highest BCUT2D eigenvalue weighted by Crippen LogP contribution is 2.22. The third-order valence-corrected chi connectivity index (χ3v) is 2.63. The standard InChI is InChI=1S/C14H14N2O3/c15-10-3-1-2-9(6-10)8-16-14(19)12-5-4-11(17)7-13(12)18/h1-7,17-18H,8,15H2,(H,16,19). The monoisotopic (exact) mass is 258 g/mol. The number of anilines is 1. The predicted octanol–water partition coefficient (Wildman–Crippen LogP) is 1.61. The van der Waals surface area contributed by atoms with E-state index in [9.17, 15) is 9.90 Å². The summed E-state index contributed by atoms with van der Waals surface area (Å²) in [6, 6.07) is 11.0. The molecule has 2 aromatic rings. The Labute approximate surface area is 110 Å². The molecule has 2 rings (SSSR count). The van der Waals surface area contributed by atoms with Gasteiger partial charge in [-0.1, -0.05) is 12.1 Å². The van der Waals surface area contributed by atoms with Crippen LogP contribution in [0.4, 0.5) is 5.69 Å². The normalized spacial score (nSPS) is 10.1. The van der Waals surface area contributed by atoms with Gasteiger partial charge < -0.3 is 21.3 Å². The zero-order chi connectivity index (χ0) is 13.8. The van der Waals surface area contributed by atoms with Crippen LogP contribution in [-0.2, 0) is 6.54 Å². The third kappa shape index (κ3) is 3.16. The summed E-state index contributed by atoms with van der Waals surface area (Å²) < 4.78 is 0. The summed E-state index contributed by atoms with van der Waals surface area (Å²) in [6.07, 6.45) is 0. The van der Waals surface area contributed by atoms with Crippen LogP contribution in [0, 0.1) is 0 Å². The Hall–Kier alpha value is -2.69. The lowest BCUT2D eigenvalue weighted by Crippen LogP contribution is -2.22. The van der Waals surface area contributed by atoms with Crippen LogP contribution in [0.25, 0.3) is 0 Å². The van der Waals surface area contributed by atoms with E-state index in [0.29, 0.717) is 12.2 Å². The van der Waals surface area contributed by atoms with Gasteiger partial charge in [-0.25, -0.2) is 0 Å². The number of benzene rings is 2. The molecule has 0 aromatic heterocycles. The highest BCUT2D eigenvalue weighted by atomic mass is 16.3. The fourth-order valence-corrected chi connectivity index (χ4v) is 1.69. The van der Waals surface area contributed by atoms with E-state index in [1.807, 2.05) is 6.07 Å². The predicted molar refractivity (Wildman–Crippen MR) is 71.8 cm³/mol. The molecule has 5 heteroatoms. The van der Waals surface area contributed by atoms with Crippen molar-refractivity contribution in [1.82, 2.24) is 5.32 Å². The Bertz CT molecular complexity index is 611. The molecular formula is C14H14N2O3. The Kier molecular flexibility index (Phi) is 3.56. The molecular weight excluding hydrogens is 244 g/mol. The Balaban J connectivity index is 2.05. The van der Waals surface area contributed by atoms with Gasteiger partial charge in [0.05, 0.1) is 5.56 Å². The number of phenolic OH excluding ortho intramolecular Hbond substituents is 2. The van der Waals surface area contributed by atoms with Crippen molar-refractivity contribution in [2.45, 2.75) is 6.54 Å². The number of nitrogens with two attached hydrogens (primary N) is 1. The first-order valence-corrected chi connectivity index (χ1v) is 5.71. The molecule has 0 unspecified atom stereocenters. The highest BCUT2D eigenvalue weighted by Gasteiger charge is 2.11. The zero-order valence-corrected chi connectivity index (χ0v) is 10.1. The lowest BCUT2D eigenvalue weighted by Gasteiger charge is -2.07. The zero-order valence-electron chi connectivity index (χ0n) is 10.1.